The molecule has 2 aliphatic rings. The van der Waals surface area contributed by atoms with Crippen LogP contribution in [0, 0.1) is 0 Å². The van der Waals surface area contributed by atoms with Gasteiger partial charge in [-0.05, 0) is 37.8 Å². The van der Waals surface area contributed by atoms with Crippen LogP contribution in [0.4, 0.5) is 0 Å². The van der Waals surface area contributed by atoms with E-state index in [-0.39, 0.29) is 18.4 Å². The first-order chi connectivity index (χ1) is 9.19. The van der Waals surface area contributed by atoms with E-state index in [2.05, 4.69) is 5.16 Å². The van der Waals surface area contributed by atoms with Gasteiger partial charge in [0, 0.05) is 5.57 Å². The average Bonchev–Trinajstić information content (AvgIpc) is 2.88. The number of ether oxygens (including phenoxy) is 1. The number of nitrogens with zero attached hydrogens (tertiary/aromatic N) is 2. The molecule has 1 aliphatic heterocycles. The fourth-order valence-electron chi connectivity index (χ4n) is 2.44. The fourth-order valence-corrected chi connectivity index (χ4v) is 2.44. The van der Waals surface area contributed by atoms with Gasteiger partial charge in [-0.15, -0.1) is 0 Å². The number of methoxy groups -OCH3 is 1. The minimum Gasteiger partial charge on any atom is -0.480 e. The van der Waals surface area contributed by atoms with Crippen LogP contribution in [0.5, 0.6) is 0 Å². The van der Waals surface area contributed by atoms with Crippen molar-refractivity contribution in [3.63, 3.8) is 0 Å². The van der Waals surface area contributed by atoms with E-state index in [1.807, 2.05) is 6.92 Å². The van der Waals surface area contributed by atoms with Crippen LogP contribution in [0.15, 0.2) is 16.3 Å². The molecule has 0 saturated carbocycles. The van der Waals surface area contributed by atoms with Gasteiger partial charge >= 0.3 is 0 Å². The molecule has 0 spiro atoms. The van der Waals surface area contributed by atoms with Crippen molar-refractivity contribution in [2.45, 2.75) is 38.6 Å². The van der Waals surface area contributed by atoms with Crippen molar-refractivity contribution in [3.05, 3.63) is 11.1 Å². The number of amides is 2. The van der Waals surface area contributed by atoms with E-state index in [0.717, 1.165) is 41.7 Å². The van der Waals surface area contributed by atoms with E-state index in [9.17, 15) is 9.59 Å². The summed E-state index contributed by atoms with van der Waals surface area (Å²) in [6.07, 6.45) is 4.26. The van der Waals surface area contributed by atoms with Crippen molar-refractivity contribution < 1.29 is 19.2 Å². The molecule has 19 heavy (non-hydrogen) atoms. The molecule has 2 rings (SSSR count). The Morgan fingerprint density at radius 1 is 1.47 bits per heavy atom. The lowest BCUT2D eigenvalue weighted by Crippen LogP contribution is -2.46. The quantitative estimate of drug-likeness (QED) is 0.720. The predicted molar refractivity (Wildman–Crippen MR) is 68.3 cm³/mol. The third kappa shape index (κ3) is 2.62. The highest BCUT2D eigenvalue weighted by molar-refractivity contribution is 6.03. The topological polar surface area (TPSA) is 68.2 Å². The average molecular weight is 266 g/mol. The molecule has 6 nitrogen and oxygen atoms in total. The molecule has 0 radical (unpaired) electrons. The molecule has 0 N–H and O–H groups in total. The Hall–Kier alpha value is -1.85. The molecule has 0 aromatic rings. The molecule has 0 aromatic carbocycles. The number of oxime groups is 1. The molecule has 2 amide bonds. The van der Waals surface area contributed by atoms with Crippen LogP contribution in [0.2, 0.25) is 0 Å². The SMILES string of the molecule is COC1=NOCC1N(C=O)C(=O)C1=C(C)CCCC1. The highest BCUT2D eigenvalue weighted by atomic mass is 16.7. The Kier molecular flexibility index (Phi) is 4.19. The molecule has 1 unspecified atom stereocenters. The number of carbonyl (C=O) groups is 2. The monoisotopic (exact) mass is 266 g/mol. The maximum absolute atomic E-state index is 12.5. The maximum atomic E-state index is 12.5. The summed E-state index contributed by atoms with van der Waals surface area (Å²) in [6, 6.07) is -0.558. The summed E-state index contributed by atoms with van der Waals surface area (Å²) in [6.45, 7) is 2.10. The Morgan fingerprint density at radius 3 is 2.84 bits per heavy atom. The van der Waals surface area contributed by atoms with E-state index in [1.165, 1.54) is 7.11 Å². The number of imide groups is 1. The van der Waals surface area contributed by atoms with E-state index in [0.29, 0.717) is 6.41 Å². The lowest BCUT2D eigenvalue weighted by Gasteiger charge is -2.25. The number of allylic oxidation sites excluding steroid dienone is 1. The number of carbonyl (C=O) groups excluding carboxylic acids is 2. The molecule has 0 saturated heterocycles. The molecular formula is C13H18N2O4. The molecule has 0 bridgehead atoms. The van der Waals surface area contributed by atoms with Crippen LogP contribution < -0.4 is 0 Å². The second-order valence-electron chi connectivity index (χ2n) is 4.73. The summed E-state index contributed by atoms with van der Waals surface area (Å²) in [7, 11) is 1.44. The normalized spacial score (nSPS) is 22.6. The first-order valence-corrected chi connectivity index (χ1v) is 6.39. The van der Waals surface area contributed by atoms with Crippen LogP contribution in [-0.4, -0.2) is 42.9 Å². The molecule has 0 fully saturated rings. The maximum Gasteiger partial charge on any atom is 0.256 e. The van der Waals surface area contributed by atoms with Gasteiger partial charge in [0.05, 0.1) is 7.11 Å². The van der Waals surface area contributed by atoms with Gasteiger partial charge in [-0.25, -0.2) is 0 Å². The van der Waals surface area contributed by atoms with E-state index in [4.69, 9.17) is 9.57 Å². The van der Waals surface area contributed by atoms with Crippen LogP contribution in [0.3, 0.4) is 0 Å². The van der Waals surface area contributed by atoms with Crippen molar-refractivity contribution in [2.24, 2.45) is 5.16 Å². The third-order valence-corrected chi connectivity index (χ3v) is 3.57. The molecular weight excluding hydrogens is 248 g/mol. The second kappa shape index (κ2) is 5.86. The summed E-state index contributed by atoms with van der Waals surface area (Å²) in [4.78, 5) is 29.7. The Labute approximate surface area is 112 Å². The Bertz CT molecular complexity index is 442. The van der Waals surface area contributed by atoms with Crippen LogP contribution in [0.25, 0.3) is 0 Å². The Morgan fingerprint density at radius 2 is 2.21 bits per heavy atom. The number of hydrogen-bond acceptors (Lipinski definition) is 5. The minimum absolute atomic E-state index is 0.153. The largest absolute Gasteiger partial charge is 0.480 e. The summed E-state index contributed by atoms with van der Waals surface area (Å²) in [5.74, 6) is 0.00182. The molecule has 1 heterocycles. The smallest absolute Gasteiger partial charge is 0.256 e. The van der Waals surface area contributed by atoms with Gasteiger partial charge in [0.15, 0.2) is 6.04 Å². The van der Waals surface area contributed by atoms with Crippen molar-refractivity contribution in [1.82, 2.24) is 4.90 Å². The number of rotatable bonds is 3. The molecule has 0 aromatic heterocycles. The van der Waals surface area contributed by atoms with E-state index >= 15 is 0 Å². The molecule has 104 valence electrons. The lowest BCUT2D eigenvalue weighted by atomic mass is 9.92. The zero-order chi connectivity index (χ0) is 13.8. The summed E-state index contributed by atoms with van der Waals surface area (Å²) in [5.41, 5.74) is 1.80. The fraction of sp³-hybridized carbons (Fsp3) is 0.615. The zero-order valence-electron chi connectivity index (χ0n) is 11.2. The predicted octanol–water partition coefficient (Wildman–Crippen LogP) is 1.22. The molecule has 1 atom stereocenters. The van der Waals surface area contributed by atoms with Crippen molar-refractivity contribution in [3.8, 4) is 0 Å². The van der Waals surface area contributed by atoms with Crippen molar-refractivity contribution in [2.75, 3.05) is 13.7 Å². The van der Waals surface area contributed by atoms with Crippen LogP contribution >= 0.6 is 0 Å². The van der Waals surface area contributed by atoms with Crippen molar-refractivity contribution in [1.29, 1.82) is 0 Å². The lowest BCUT2D eigenvalue weighted by molar-refractivity contribution is -0.137. The summed E-state index contributed by atoms with van der Waals surface area (Å²) >= 11 is 0. The van der Waals surface area contributed by atoms with Gasteiger partial charge in [0.2, 0.25) is 6.41 Å². The standard InChI is InChI=1S/C13H18N2O4/c1-9-5-3-4-6-10(9)13(17)15(8-16)11-7-19-14-12(11)18-2/h8,11H,3-7H2,1-2H3. The van der Waals surface area contributed by atoms with Gasteiger partial charge in [0.1, 0.15) is 6.61 Å². The first-order valence-electron chi connectivity index (χ1n) is 6.39. The van der Waals surface area contributed by atoms with Crippen LogP contribution in [0.1, 0.15) is 32.6 Å². The molecule has 6 heteroatoms. The highest BCUT2D eigenvalue weighted by Gasteiger charge is 2.35. The van der Waals surface area contributed by atoms with Gasteiger partial charge in [-0.3, -0.25) is 14.5 Å². The van der Waals surface area contributed by atoms with E-state index in [1.54, 1.807) is 0 Å². The number of hydrogen-bond donors (Lipinski definition) is 0. The van der Waals surface area contributed by atoms with Gasteiger partial charge in [-0.1, -0.05) is 5.57 Å². The molecule has 1 aliphatic carbocycles. The van der Waals surface area contributed by atoms with Gasteiger partial charge in [0.25, 0.3) is 11.8 Å². The van der Waals surface area contributed by atoms with Crippen LogP contribution in [-0.2, 0) is 19.2 Å². The minimum atomic E-state index is -0.558. The summed E-state index contributed by atoms with van der Waals surface area (Å²) < 4.78 is 5.03. The first kappa shape index (κ1) is 13.6. The van der Waals surface area contributed by atoms with Gasteiger partial charge < -0.3 is 9.57 Å². The summed E-state index contributed by atoms with van der Waals surface area (Å²) in [5, 5.41) is 3.68. The Balaban J connectivity index is 2.20. The van der Waals surface area contributed by atoms with E-state index < -0.39 is 6.04 Å². The second-order valence-corrected chi connectivity index (χ2v) is 4.73. The third-order valence-electron chi connectivity index (χ3n) is 3.57. The zero-order valence-corrected chi connectivity index (χ0v) is 11.2. The highest BCUT2D eigenvalue weighted by Crippen LogP contribution is 2.26. The van der Waals surface area contributed by atoms with Gasteiger partial charge in [-0.2, -0.15) is 0 Å². The van der Waals surface area contributed by atoms with Crippen molar-refractivity contribution >= 4 is 18.2 Å².